The fourth-order valence-corrected chi connectivity index (χ4v) is 4.08. The molecule has 1 aromatic heterocycles. The number of benzene rings is 2. The van der Waals surface area contributed by atoms with Gasteiger partial charge >= 0.3 is 5.63 Å². The van der Waals surface area contributed by atoms with E-state index in [0.29, 0.717) is 28.8 Å². The maximum Gasteiger partial charge on any atom is 0.349 e. The van der Waals surface area contributed by atoms with E-state index in [0.717, 1.165) is 30.4 Å². The highest BCUT2D eigenvalue weighted by Crippen LogP contribution is 2.45. The third-order valence-electron chi connectivity index (χ3n) is 5.79. The molecular weight excluding hydrogens is 408 g/mol. The fraction of sp³-hybridized carbons (Fsp3) is 0.320. The predicted molar refractivity (Wildman–Crippen MR) is 122 cm³/mol. The molecule has 1 fully saturated rings. The van der Waals surface area contributed by atoms with E-state index in [1.807, 2.05) is 25.1 Å². The first-order valence-corrected chi connectivity index (χ1v) is 10.7. The Morgan fingerprint density at radius 2 is 1.84 bits per heavy atom. The summed E-state index contributed by atoms with van der Waals surface area (Å²) in [6.07, 6.45) is 3.34. The predicted octanol–water partition coefficient (Wildman–Crippen LogP) is 4.13. The second kappa shape index (κ2) is 8.49. The summed E-state index contributed by atoms with van der Waals surface area (Å²) in [5, 5.41) is 6.41. The van der Waals surface area contributed by atoms with E-state index < -0.39 is 11.5 Å². The van der Waals surface area contributed by atoms with E-state index in [2.05, 4.69) is 10.6 Å². The van der Waals surface area contributed by atoms with Gasteiger partial charge in [-0.25, -0.2) is 4.79 Å². The van der Waals surface area contributed by atoms with Gasteiger partial charge < -0.3 is 19.8 Å². The summed E-state index contributed by atoms with van der Waals surface area (Å²) in [6.45, 7) is 3.54. The van der Waals surface area contributed by atoms with Gasteiger partial charge in [-0.05, 0) is 55.2 Å². The van der Waals surface area contributed by atoms with Crippen LogP contribution in [0.3, 0.4) is 0 Å². The van der Waals surface area contributed by atoms with Crippen LogP contribution < -0.4 is 21.0 Å². The molecular formula is C25H26N2O5. The molecule has 0 saturated heterocycles. The van der Waals surface area contributed by atoms with E-state index in [9.17, 15) is 14.4 Å². The standard InChI is InChI=1S/C25H26N2O5/c1-4-5-19-21(31-3)11-6-16-14-20(24(30)32-22(16)19)23(29)26-18-9-7-17(8-10-18)25(12-13-25)27-15(2)28/h6-11,14H,4-5,12-13H2,1-3H3,(H,26,29)(H,27,28). The highest BCUT2D eigenvalue weighted by molar-refractivity contribution is 6.05. The zero-order valence-electron chi connectivity index (χ0n) is 18.4. The lowest BCUT2D eigenvalue weighted by Gasteiger charge is -2.17. The van der Waals surface area contributed by atoms with Crippen molar-refractivity contribution in [3.05, 3.63) is 69.6 Å². The Kier molecular flexibility index (Phi) is 5.74. The van der Waals surface area contributed by atoms with Crippen LogP contribution in [0.5, 0.6) is 5.75 Å². The minimum absolute atomic E-state index is 0.0638. The largest absolute Gasteiger partial charge is 0.496 e. The monoisotopic (exact) mass is 434 g/mol. The Hall–Kier alpha value is -3.61. The second-order valence-corrected chi connectivity index (χ2v) is 8.16. The number of carbonyl (C=O) groups excluding carboxylic acids is 2. The van der Waals surface area contributed by atoms with E-state index in [4.69, 9.17) is 9.15 Å². The van der Waals surface area contributed by atoms with Gasteiger partial charge in [-0.2, -0.15) is 0 Å². The van der Waals surface area contributed by atoms with Crippen molar-refractivity contribution in [1.29, 1.82) is 0 Å². The number of fused-ring (bicyclic) bond motifs is 1. The molecule has 1 aliphatic rings. The SMILES string of the molecule is CCCc1c(OC)ccc2cc(C(=O)Nc3ccc(C4(NC(C)=O)CC4)cc3)c(=O)oc12. The van der Waals surface area contributed by atoms with E-state index in [1.165, 1.54) is 6.92 Å². The van der Waals surface area contributed by atoms with Gasteiger partial charge in [0, 0.05) is 23.6 Å². The van der Waals surface area contributed by atoms with Crippen LogP contribution >= 0.6 is 0 Å². The summed E-state index contributed by atoms with van der Waals surface area (Å²) in [5.41, 5.74) is 1.76. The lowest BCUT2D eigenvalue weighted by Crippen LogP contribution is -2.32. The molecule has 0 bridgehead atoms. The third kappa shape index (κ3) is 4.10. The first kappa shape index (κ1) is 21.6. The summed E-state index contributed by atoms with van der Waals surface area (Å²) in [4.78, 5) is 36.9. The molecule has 0 radical (unpaired) electrons. The smallest absolute Gasteiger partial charge is 0.349 e. The highest BCUT2D eigenvalue weighted by atomic mass is 16.5. The van der Waals surface area contributed by atoms with Gasteiger partial charge in [-0.3, -0.25) is 9.59 Å². The van der Waals surface area contributed by atoms with Gasteiger partial charge in [-0.15, -0.1) is 0 Å². The number of aryl methyl sites for hydroxylation is 1. The zero-order chi connectivity index (χ0) is 22.9. The van der Waals surface area contributed by atoms with Gasteiger partial charge in [0.1, 0.15) is 16.9 Å². The van der Waals surface area contributed by atoms with Gasteiger partial charge in [-0.1, -0.05) is 25.5 Å². The van der Waals surface area contributed by atoms with Crippen LogP contribution in [0, 0.1) is 0 Å². The van der Waals surface area contributed by atoms with Crippen molar-refractivity contribution in [2.45, 2.75) is 45.1 Å². The Balaban J connectivity index is 1.58. The highest BCUT2D eigenvalue weighted by Gasteiger charge is 2.44. The molecule has 3 aromatic rings. The third-order valence-corrected chi connectivity index (χ3v) is 5.79. The van der Waals surface area contributed by atoms with Gasteiger partial charge in [0.15, 0.2) is 0 Å². The van der Waals surface area contributed by atoms with Gasteiger partial charge in [0.2, 0.25) is 5.91 Å². The number of hydrogen-bond donors (Lipinski definition) is 2. The quantitative estimate of drug-likeness (QED) is 0.545. The number of rotatable bonds is 7. The van der Waals surface area contributed by atoms with Crippen molar-refractivity contribution in [3.8, 4) is 5.75 Å². The topological polar surface area (TPSA) is 97.6 Å². The molecule has 1 heterocycles. The Morgan fingerprint density at radius 3 is 2.44 bits per heavy atom. The van der Waals surface area contributed by atoms with Crippen LogP contribution in [0.1, 0.15) is 54.6 Å². The second-order valence-electron chi connectivity index (χ2n) is 8.16. The number of hydrogen-bond acceptors (Lipinski definition) is 5. The van der Waals surface area contributed by atoms with E-state index in [1.54, 1.807) is 31.4 Å². The average Bonchev–Trinajstić information content (AvgIpc) is 3.54. The van der Waals surface area contributed by atoms with Gasteiger partial charge in [0.05, 0.1) is 12.6 Å². The molecule has 7 heteroatoms. The summed E-state index contributed by atoms with van der Waals surface area (Å²) < 4.78 is 10.9. The summed E-state index contributed by atoms with van der Waals surface area (Å²) in [7, 11) is 1.58. The molecule has 2 amide bonds. The van der Waals surface area contributed by atoms with Crippen LogP contribution in [0.4, 0.5) is 5.69 Å². The molecule has 0 spiro atoms. The molecule has 1 saturated carbocycles. The van der Waals surface area contributed by atoms with E-state index >= 15 is 0 Å². The molecule has 0 unspecified atom stereocenters. The summed E-state index contributed by atoms with van der Waals surface area (Å²) >= 11 is 0. The maximum absolute atomic E-state index is 12.8. The van der Waals surface area contributed by atoms with Crippen LogP contribution in [-0.4, -0.2) is 18.9 Å². The zero-order valence-corrected chi connectivity index (χ0v) is 18.4. The van der Waals surface area contributed by atoms with Crippen LogP contribution in [0.2, 0.25) is 0 Å². The number of ether oxygens (including phenoxy) is 1. The van der Waals surface area contributed by atoms with Crippen molar-refractivity contribution in [1.82, 2.24) is 5.32 Å². The number of amides is 2. The minimum Gasteiger partial charge on any atom is -0.496 e. The molecule has 7 nitrogen and oxygen atoms in total. The molecule has 166 valence electrons. The molecule has 1 aliphatic carbocycles. The molecule has 0 aliphatic heterocycles. The van der Waals surface area contributed by atoms with Crippen LogP contribution in [-0.2, 0) is 16.8 Å². The normalized spacial score (nSPS) is 14.1. The number of methoxy groups -OCH3 is 1. The Labute approximate surface area is 185 Å². The Morgan fingerprint density at radius 1 is 1.12 bits per heavy atom. The maximum atomic E-state index is 12.8. The van der Waals surface area contributed by atoms with Crippen molar-refractivity contribution >= 4 is 28.5 Å². The lowest BCUT2D eigenvalue weighted by atomic mass is 10.0. The van der Waals surface area contributed by atoms with Crippen molar-refractivity contribution in [2.24, 2.45) is 0 Å². The first-order chi connectivity index (χ1) is 15.4. The van der Waals surface area contributed by atoms with Gasteiger partial charge in [0.25, 0.3) is 5.91 Å². The first-order valence-electron chi connectivity index (χ1n) is 10.7. The van der Waals surface area contributed by atoms with Crippen LogP contribution in [0.15, 0.2) is 51.7 Å². The van der Waals surface area contributed by atoms with Crippen molar-refractivity contribution in [3.63, 3.8) is 0 Å². The van der Waals surface area contributed by atoms with Crippen molar-refractivity contribution < 1.29 is 18.7 Å². The lowest BCUT2D eigenvalue weighted by molar-refractivity contribution is -0.120. The summed E-state index contributed by atoms with van der Waals surface area (Å²) in [6, 6.07) is 12.4. The van der Waals surface area contributed by atoms with E-state index in [-0.39, 0.29) is 17.0 Å². The van der Waals surface area contributed by atoms with Crippen molar-refractivity contribution in [2.75, 3.05) is 12.4 Å². The molecule has 32 heavy (non-hydrogen) atoms. The molecule has 2 aromatic carbocycles. The summed E-state index contributed by atoms with van der Waals surface area (Å²) in [5.74, 6) is 0.0550. The molecule has 2 N–H and O–H groups in total. The number of nitrogens with one attached hydrogen (secondary N) is 2. The minimum atomic E-state index is -0.695. The molecule has 4 rings (SSSR count). The fourth-order valence-electron chi connectivity index (χ4n) is 4.08. The van der Waals surface area contributed by atoms with Crippen LogP contribution in [0.25, 0.3) is 11.0 Å². The number of anilines is 1. The average molecular weight is 434 g/mol. The number of carbonyl (C=O) groups is 2. The molecule has 0 atom stereocenters. The Bertz CT molecular complexity index is 1240.